The number of anilines is 1. The van der Waals surface area contributed by atoms with Gasteiger partial charge in [0.15, 0.2) is 17.4 Å². The Kier molecular flexibility index (Phi) is 5.12. The molecule has 6 nitrogen and oxygen atoms in total. The third-order valence-corrected chi connectivity index (χ3v) is 4.52. The molecule has 144 valence electrons. The molecule has 28 heavy (non-hydrogen) atoms. The van der Waals surface area contributed by atoms with Gasteiger partial charge in [0.25, 0.3) is 0 Å². The van der Waals surface area contributed by atoms with E-state index >= 15 is 0 Å². The summed E-state index contributed by atoms with van der Waals surface area (Å²) in [6.07, 6.45) is 4.09. The van der Waals surface area contributed by atoms with Gasteiger partial charge in [-0.15, -0.1) is 0 Å². The molecule has 0 fully saturated rings. The van der Waals surface area contributed by atoms with E-state index in [9.17, 15) is 8.78 Å². The Hall–Kier alpha value is -3.13. The van der Waals surface area contributed by atoms with Crippen LogP contribution in [0.5, 0.6) is 5.75 Å². The summed E-state index contributed by atoms with van der Waals surface area (Å²) in [5.41, 5.74) is 3.06. The van der Waals surface area contributed by atoms with E-state index in [0.717, 1.165) is 17.3 Å². The quantitative estimate of drug-likeness (QED) is 0.729. The smallest absolute Gasteiger partial charge is 0.200 e. The van der Waals surface area contributed by atoms with E-state index in [1.165, 1.54) is 6.07 Å². The lowest BCUT2D eigenvalue weighted by molar-refractivity contribution is 0.195. The normalized spacial score (nSPS) is 13.3. The molecular weight excluding hydrogens is 366 g/mol. The molecule has 0 radical (unpaired) electrons. The molecule has 8 heteroatoms. The van der Waals surface area contributed by atoms with Crippen LogP contribution in [0, 0.1) is 11.6 Å². The Labute approximate surface area is 160 Å². The highest BCUT2D eigenvalue weighted by Crippen LogP contribution is 2.30. The number of aliphatic hydroxyl groups excluding tert-OH is 1. The molecule has 1 N–H and O–H groups in total. The predicted octanol–water partition coefficient (Wildman–Crippen LogP) is 2.75. The minimum atomic E-state index is -1.06. The number of aliphatic hydroxyl groups is 1. The van der Waals surface area contributed by atoms with E-state index < -0.39 is 11.6 Å². The molecular formula is C20H18F2N4O2. The molecule has 0 aliphatic carbocycles. The van der Waals surface area contributed by atoms with Crippen LogP contribution in [0.2, 0.25) is 0 Å². The van der Waals surface area contributed by atoms with Crippen molar-refractivity contribution in [2.24, 2.45) is 0 Å². The van der Waals surface area contributed by atoms with Gasteiger partial charge in [0.05, 0.1) is 12.3 Å². The van der Waals surface area contributed by atoms with Gasteiger partial charge in [-0.25, -0.2) is 14.4 Å². The van der Waals surface area contributed by atoms with Crippen molar-refractivity contribution in [3.8, 4) is 17.3 Å². The maximum absolute atomic E-state index is 14.0. The van der Waals surface area contributed by atoms with Crippen LogP contribution in [0.25, 0.3) is 11.5 Å². The highest BCUT2D eigenvalue weighted by Gasteiger charge is 2.22. The highest BCUT2D eigenvalue weighted by molar-refractivity contribution is 5.54. The average Bonchev–Trinajstić information content (AvgIpc) is 2.74. The minimum Gasteiger partial charge on any atom is -0.488 e. The predicted molar refractivity (Wildman–Crippen MR) is 99.0 cm³/mol. The summed E-state index contributed by atoms with van der Waals surface area (Å²) in [7, 11) is 0. The molecule has 0 unspecified atom stereocenters. The van der Waals surface area contributed by atoms with E-state index in [0.29, 0.717) is 36.7 Å². The van der Waals surface area contributed by atoms with E-state index in [4.69, 9.17) is 9.84 Å². The van der Waals surface area contributed by atoms with Crippen molar-refractivity contribution in [3.05, 3.63) is 65.6 Å². The van der Waals surface area contributed by atoms with Crippen LogP contribution < -0.4 is 9.64 Å². The zero-order chi connectivity index (χ0) is 19.5. The first-order valence-corrected chi connectivity index (χ1v) is 8.89. The fourth-order valence-corrected chi connectivity index (χ4v) is 3.15. The summed E-state index contributed by atoms with van der Waals surface area (Å²) >= 11 is 0. The van der Waals surface area contributed by atoms with Crippen LogP contribution in [0.1, 0.15) is 11.3 Å². The van der Waals surface area contributed by atoms with Crippen molar-refractivity contribution in [1.82, 2.24) is 15.0 Å². The Morgan fingerprint density at radius 3 is 2.86 bits per heavy atom. The summed E-state index contributed by atoms with van der Waals surface area (Å²) in [4.78, 5) is 15.2. The zero-order valence-electron chi connectivity index (χ0n) is 15.0. The van der Waals surface area contributed by atoms with Gasteiger partial charge < -0.3 is 14.7 Å². The molecule has 0 saturated carbocycles. The van der Waals surface area contributed by atoms with Gasteiger partial charge in [0.1, 0.15) is 12.3 Å². The maximum atomic E-state index is 14.0. The number of aromatic nitrogens is 3. The van der Waals surface area contributed by atoms with Gasteiger partial charge in [-0.3, -0.25) is 4.98 Å². The number of halogens is 2. The minimum absolute atomic E-state index is 0.104. The lowest BCUT2D eigenvalue weighted by Crippen LogP contribution is -2.31. The average molecular weight is 384 g/mol. The molecule has 1 aliphatic rings. The summed E-state index contributed by atoms with van der Waals surface area (Å²) in [5.74, 6) is -1.69. The fraction of sp³-hybridized carbons (Fsp3) is 0.250. The largest absolute Gasteiger partial charge is 0.488 e. The second kappa shape index (κ2) is 7.85. The van der Waals surface area contributed by atoms with Crippen molar-refractivity contribution in [1.29, 1.82) is 0 Å². The molecule has 0 amide bonds. The summed E-state index contributed by atoms with van der Waals surface area (Å²) < 4.78 is 33.0. The number of pyridine rings is 1. The first-order chi connectivity index (χ1) is 13.7. The molecule has 1 aliphatic heterocycles. The summed E-state index contributed by atoms with van der Waals surface area (Å²) in [5, 5.41) is 8.85. The van der Waals surface area contributed by atoms with Crippen molar-refractivity contribution in [2.75, 3.05) is 24.7 Å². The molecule has 0 spiro atoms. The third kappa shape index (κ3) is 3.63. The molecule has 0 saturated heterocycles. The number of benzene rings is 1. The molecule has 3 aromatic rings. The molecule has 1 aromatic carbocycles. The van der Waals surface area contributed by atoms with Crippen molar-refractivity contribution in [2.45, 2.75) is 13.0 Å². The van der Waals surface area contributed by atoms with E-state index in [2.05, 4.69) is 15.0 Å². The Bertz CT molecular complexity index is 985. The Morgan fingerprint density at radius 1 is 1.18 bits per heavy atom. The monoisotopic (exact) mass is 384 g/mol. The maximum Gasteiger partial charge on any atom is 0.200 e. The van der Waals surface area contributed by atoms with Gasteiger partial charge in [0, 0.05) is 55.3 Å². The molecule has 3 heterocycles. The van der Waals surface area contributed by atoms with Crippen molar-refractivity contribution < 1.29 is 18.6 Å². The van der Waals surface area contributed by atoms with Crippen LogP contribution in [0.15, 0.2) is 42.7 Å². The van der Waals surface area contributed by atoms with Crippen LogP contribution in [0.3, 0.4) is 0 Å². The van der Waals surface area contributed by atoms with Crippen molar-refractivity contribution >= 4 is 5.69 Å². The lowest BCUT2D eigenvalue weighted by Gasteiger charge is -2.30. The summed E-state index contributed by atoms with van der Waals surface area (Å²) in [6, 6.07) is 8.16. The summed E-state index contributed by atoms with van der Waals surface area (Å²) in [6.45, 7) is 0.684. The first-order valence-electron chi connectivity index (χ1n) is 8.89. The van der Waals surface area contributed by atoms with Gasteiger partial charge in [-0.05, 0) is 12.1 Å². The first kappa shape index (κ1) is 18.2. The molecule has 0 atom stereocenters. The zero-order valence-corrected chi connectivity index (χ0v) is 15.0. The molecule has 4 rings (SSSR count). The third-order valence-electron chi connectivity index (χ3n) is 4.52. The Morgan fingerprint density at radius 2 is 2.07 bits per heavy atom. The number of fused-ring (bicyclic) bond motifs is 1. The van der Waals surface area contributed by atoms with Gasteiger partial charge in [-0.1, -0.05) is 6.07 Å². The van der Waals surface area contributed by atoms with Crippen LogP contribution in [-0.2, 0) is 13.0 Å². The highest BCUT2D eigenvalue weighted by atomic mass is 19.2. The van der Waals surface area contributed by atoms with E-state index in [-0.39, 0.29) is 19.0 Å². The topological polar surface area (TPSA) is 71.4 Å². The van der Waals surface area contributed by atoms with Gasteiger partial charge in [0.2, 0.25) is 5.82 Å². The van der Waals surface area contributed by atoms with Crippen LogP contribution >= 0.6 is 0 Å². The molecule has 0 bridgehead atoms. The van der Waals surface area contributed by atoms with Crippen molar-refractivity contribution in [3.63, 3.8) is 0 Å². The number of hydrogen-bond donors (Lipinski definition) is 1. The molecule has 2 aromatic heterocycles. The fourth-order valence-electron chi connectivity index (χ4n) is 3.15. The Balaban J connectivity index is 1.58. The number of nitrogens with zero attached hydrogens (tertiary/aromatic N) is 4. The second-order valence-corrected chi connectivity index (χ2v) is 6.36. The second-order valence-electron chi connectivity index (χ2n) is 6.36. The number of ether oxygens (including phenoxy) is 1. The number of rotatable bonds is 5. The number of hydrogen-bond acceptors (Lipinski definition) is 6. The van der Waals surface area contributed by atoms with E-state index in [1.807, 2.05) is 23.1 Å². The van der Waals surface area contributed by atoms with Crippen LogP contribution in [0.4, 0.5) is 14.5 Å². The van der Waals surface area contributed by atoms with Gasteiger partial charge >= 0.3 is 0 Å². The SMILES string of the molecule is OCCOc1cc(N2CCc3nc(-c4ccccn4)ncc3C2)cc(F)c1F. The lowest BCUT2D eigenvalue weighted by atomic mass is 10.1. The van der Waals surface area contributed by atoms with Crippen LogP contribution in [-0.4, -0.2) is 39.8 Å². The van der Waals surface area contributed by atoms with Gasteiger partial charge in [-0.2, -0.15) is 4.39 Å². The van der Waals surface area contributed by atoms with E-state index in [1.54, 1.807) is 12.4 Å². The standard InChI is InChI=1S/C20H18F2N4O2/c21-15-9-14(10-18(19(15)22)28-8-7-27)26-6-4-16-13(12-26)11-24-20(25-16)17-3-1-2-5-23-17/h1-3,5,9-11,27H,4,6-8,12H2.